The second-order valence-electron chi connectivity index (χ2n) is 2.92. The van der Waals surface area contributed by atoms with Crippen molar-refractivity contribution in [2.75, 3.05) is 7.05 Å². The van der Waals surface area contributed by atoms with E-state index in [1.54, 1.807) is 0 Å². The van der Waals surface area contributed by atoms with Gasteiger partial charge >= 0.3 is 0 Å². The van der Waals surface area contributed by atoms with Crippen LogP contribution in [0.5, 0.6) is 0 Å². The Bertz CT molecular complexity index is 118. The number of rotatable bonds is 0. The Hall–Kier alpha value is -0.300. The molecule has 1 heteroatoms. The third-order valence-corrected chi connectivity index (χ3v) is 2.23. The summed E-state index contributed by atoms with van der Waals surface area (Å²) in [7, 11) is 2.18. The smallest absolute Gasteiger partial charge is 0.0249 e. The highest BCUT2D eigenvalue weighted by Crippen LogP contribution is 2.12. The number of nitrogens with zero attached hydrogens (tertiary/aromatic N) is 1. The maximum Gasteiger partial charge on any atom is 0.0249 e. The fourth-order valence-corrected chi connectivity index (χ4v) is 1.18. The van der Waals surface area contributed by atoms with E-state index in [0.717, 1.165) is 6.04 Å². The second kappa shape index (κ2) is 2.53. The van der Waals surface area contributed by atoms with E-state index in [0.29, 0.717) is 6.04 Å². The van der Waals surface area contributed by atoms with E-state index in [2.05, 4.69) is 37.9 Å². The summed E-state index contributed by atoms with van der Waals surface area (Å²) < 4.78 is 0. The van der Waals surface area contributed by atoms with Crippen molar-refractivity contribution in [3.63, 3.8) is 0 Å². The highest BCUT2D eigenvalue weighted by molar-refractivity contribution is 4.99. The first kappa shape index (κ1) is 6.81. The quantitative estimate of drug-likeness (QED) is 0.445. The number of hydrogen-bond donors (Lipinski definition) is 0. The Morgan fingerprint density at radius 1 is 1.44 bits per heavy atom. The van der Waals surface area contributed by atoms with E-state index in [-0.39, 0.29) is 0 Å². The standard InChI is InChI=1S/C8H15N/c1-7-5-4-6-8(2)9(7)3/h4-5,7-8H,6H2,1-3H3/t7-,8-/m1/s1. The molecule has 1 rings (SSSR count). The molecule has 9 heavy (non-hydrogen) atoms. The van der Waals surface area contributed by atoms with Gasteiger partial charge in [0.15, 0.2) is 0 Å². The van der Waals surface area contributed by atoms with Crippen LogP contribution in [0.15, 0.2) is 12.2 Å². The van der Waals surface area contributed by atoms with E-state index >= 15 is 0 Å². The van der Waals surface area contributed by atoms with Crippen LogP contribution in [0.2, 0.25) is 0 Å². The third-order valence-electron chi connectivity index (χ3n) is 2.23. The van der Waals surface area contributed by atoms with Crippen LogP contribution >= 0.6 is 0 Å². The van der Waals surface area contributed by atoms with Gasteiger partial charge in [-0.2, -0.15) is 0 Å². The van der Waals surface area contributed by atoms with Gasteiger partial charge in [0.05, 0.1) is 0 Å². The van der Waals surface area contributed by atoms with Gasteiger partial charge in [-0.25, -0.2) is 0 Å². The summed E-state index contributed by atoms with van der Waals surface area (Å²) in [5.74, 6) is 0. The predicted molar refractivity (Wildman–Crippen MR) is 40.4 cm³/mol. The van der Waals surface area contributed by atoms with Gasteiger partial charge in [-0.1, -0.05) is 12.2 Å². The second-order valence-corrected chi connectivity index (χ2v) is 2.92. The molecular weight excluding hydrogens is 110 g/mol. The molecular formula is C8H15N. The summed E-state index contributed by atoms with van der Waals surface area (Å²) in [6.07, 6.45) is 5.75. The lowest BCUT2D eigenvalue weighted by atomic mass is 10.1. The number of likely N-dealkylation sites (N-methyl/N-ethyl adjacent to an activating group) is 1. The first-order chi connectivity index (χ1) is 4.22. The zero-order valence-electron chi connectivity index (χ0n) is 6.46. The minimum atomic E-state index is 0.633. The summed E-state index contributed by atoms with van der Waals surface area (Å²) >= 11 is 0. The Labute approximate surface area is 57.4 Å². The van der Waals surface area contributed by atoms with Crippen molar-refractivity contribution in [2.24, 2.45) is 0 Å². The summed E-state index contributed by atoms with van der Waals surface area (Å²) in [4.78, 5) is 2.39. The van der Waals surface area contributed by atoms with Crippen molar-refractivity contribution in [2.45, 2.75) is 32.4 Å². The monoisotopic (exact) mass is 125 g/mol. The van der Waals surface area contributed by atoms with Crippen molar-refractivity contribution in [3.05, 3.63) is 12.2 Å². The summed E-state index contributed by atoms with van der Waals surface area (Å²) in [6, 6.07) is 1.36. The van der Waals surface area contributed by atoms with Gasteiger partial charge in [0.1, 0.15) is 0 Å². The van der Waals surface area contributed by atoms with Crippen LogP contribution in [0.4, 0.5) is 0 Å². The van der Waals surface area contributed by atoms with Crippen LogP contribution in [0.1, 0.15) is 20.3 Å². The van der Waals surface area contributed by atoms with Crippen molar-refractivity contribution in [3.8, 4) is 0 Å². The molecule has 0 radical (unpaired) electrons. The summed E-state index contributed by atoms with van der Waals surface area (Å²) in [5, 5.41) is 0. The minimum absolute atomic E-state index is 0.633. The summed E-state index contributed by atoms with van der Waals surface area (Å²) in [6.45, 7) is 4.49. The molecule has 0 bridgehead atoms. The van der Waals surface area contributed by atoms with Crippen molar-refractivity contribution < 1.29 is 0 Å². The van der Waals surface area contributed by atoms with E-state index in [9.17, 15) is 0 Å². The fraction of sp³-hybridized carbons (Fsp3) is 0.750. The molecule has 0 saturated heterocycles. The Morgan fingerprint density at radius 3 is 2.56 bits per heavy atom. The lowest BCUT2D eigenvalue weighted by molar-refractivity contribution is 0.216. The van der Waals surface area contributed by atoms with Gasteiger partial charge in [-0.3, -0.25) is 4.90 Å². The molecule has 0 fully saturated rings. The summed E-state index contributed by atoms with van der Waals surface area (Å²) in [5.41, 5.74) is 0. The maximum atomic E-state index is 2.39. The van der Waals surface area contributed by atoms with E-state index < -0.39 is 0 Å². The Kier molecular flexibility index (Phi) is 1.91. The van der Waals surface area contributed by atoms with Crippen LogP contribution in [-0.2, 0) is 0 Å². The van der Waals surface area contributed by atoms with E-state index in [4.69, 9.17) is 0 Å². The van der Waals surface area contributed by atoms with Crippen LogP contribution < -0.4 is 0 Å². The lowest BCUT2D eigenvalue weighted by Crippen LogP contribution is -2.37. The molecule has 52 valence electrons. The average Bonchev–Trinajstić information content (AvgIpc) is 1.83. The van der Waals surface area contributed by atoms with Gasteiger partial charge < -0.3 is 0 Å². The maximum absolute atomic E-state index is 2.39. The predicted octanol–water partition coefficient (Wildman–Crippen LogP) is 1.66. The van der Waals surface area contributed by atoms with Gasteiger partial charge in [0, 0.05) is 12.1 Å². The molecule has 2 atom stereocenters. The molecule has 1 heterocycles. The molecule has 0 saturated carbocycles. The van der Waals surface area contributed by atoms with Crippen LogP contribution in [-0.4, -0.2) is 24.0 Å². The molecule has 0 unspecified atom stereocenters. The largest absolute Gasteiger partial charge is 0.297 e. The molecule has 0 aromatic heterocycles. The van der Waals surface area contributed by atoms with E-state index in [1.807, 2.05) is 0 Å². The first-order valence-electron chi connectivity index (χ1n) is 3.60. The van der Waals surface area contributed by atoms with Crippen molar-refractivity contribution >= 4 is 0 Å². The highest BCUT2D eigenvalue weighted by Gasteiger charge is 2.15. The van der Waals surface area contributed by atoms with Gasteiger partial charge in [0.2, 0.25) is 0 Å². The van der Waals surface area contributed by atoms with Crippen molar-refractivity contribution in [1.82, 2.24) is 4.90 Å². The van der Waals surface area contributed by atoms with Crippen LogP contribution in [0.3, 0.4) is 0 Å². The molecule has 1 aliphatic rings. The Morgan fingerprint density at radius 2 is 2.11 bits per heavy atom. The SMILES string of the molecule is C[C@@H]1C=CC[C@@H](C)N1C. The normalized spacial score (nSPS) is 37.2. The van der Waals surface area contributed by atoms with E-state index in [1.165, 1.54) is 6.42 Å². The highest BCUT2D eigenvalue weighted by atomic mass is 15.1. The van der Waals surface area contributed by atoms with Gasteiger partial charge in [-0.05, 0) is 27.3 Å². The lowest BCUT2D eigenvalue weighted by Gasteiger charge is -2.31. The van der Waals surface area contributed by atoms with Crippen LogP contribution in [0, 0.1) is 0 Å². The molecule has 0 N–H and O–H groups in total. The average molecular weight is 125 g/mol. The zero-order valence-corrected chi connectivity index (χ0v) is 6.46. The Balaban J connectivity index is 2.58. The molecule has 0 aromatic carbocycles. The molecule has 1 nitrogen and oxygen atoms in total. The van der Waals surface area contributed by atoms with Crippen LogP contribution in [0.25, 0.3) is 0 Å². The van der Waals surface area contributed by atoms with Gasteiger partial charge in [0.25, 0.3) is 0 Å². The van der Waals surface area contributed by atoms with Gasteiger partial charge in [-0.15, -0.1) is 0 Å². The topological polar surface area (TPSA) is 3.24 Å². The van der Waals surface area contributed by atoms with Crippen molar-refractivity contribution in [1.29, 1.82) is 0 Å². The number of hydrogen-bond acceptors (Lipinski definition) is 1. The molecule has 0 amide bonds. The molecule has 0 spiro atoms. The fourth-order valence-electron chi connectivity index (χ4n) is 1.18. The minimum Gasteiger partial charge on any atom is -0.297 e. The molecule has 1 aliphatic heterocycles. The first-order valence-corrected chi connectivity index (χ1v) is 3.60. The molecule has 0 aliphatic carbocycles. The third kappa shape index (κ3) is 1.33. The molecule has 0 aromatic rings. The zero-order chi connectivity index (χ0) is 6.85.